The van der Waals surface area contributed by atoms with Gasteiger partial charge in [-0.15, -0.1) is 0 Å². The van der Waals surface area contributed by atoms with Crippen molar-refractivity contribution in [1.82, 2.24) is 10.6 Å². The van der Waals surface area contributed by atoms with Gasteiger partial charge in [0, 0.05) is 6.54 Å². The van der Waals surface area contributed by atoms with Crippen molar-refractivity contribution >= 4 is 11.8 Å². The van der Waals surface area contributed by atoms with Crippen LogP contribution in [-0.4, -0.2) is 25.0 Å². The first-order chi connectivity index (χ1) is 8.61. The number of carbonyl (C=O) groups is 2. The molecule has 0 radical (unpaired) electrons. The Morgan fingerprint density at radius 2 is 2.11 bits per heavy atom. The molecule has 0 aromatic heterocycles. The lowest BCUT2D eigenvalue weighted by Gasteiger charge is -2.24. The molecule has 1 fully saturated rings. The summed E-state index contributed by atoms with van der Waals surface area (Å²) in [6, 6.07) is 5.58. The van der Waals surface area contributed by atoms with Crippen molar-refractivity contribution in [3.05, 3.63) is 29.3 Å². The van der Waals surface area contributed by atoms with Crippen molar-refractivity contribution in [2.24, 2.45) is 0 Å². The predicted octanol–water partition coefficient (Wildman–Crippen LogP) is 0.681. The molecule has 1 saturated heterocycles. The van der Waals surface area contributed by atoms with E-state index in [0.29, 0.717) is 13.2 Å². The summed E-state index contributed by atoms with van der Waals surface area (Å²) in [5.74, 6) is -0.320. The minimum absolute atomic E-state index is 0.176. The highest BCUT2D eigenvalue weighted by Crippen LogP contribution is 2.23. The van der Waals surface area contributed by atoms with Crippen LogP contribution >= 0.6 is 0 Å². The van der Waals surface area contributed by atoms with Crippen molar-refractivity contribution in [3.8, 4) is 5.75 Å². The second-order valence-electron chi connectivity index (χ2n) is 4.19. The Bertz CT molecular complexity index is 485. The SMILES string of the molecule is CCOc1ccc(C2CNC(=O)C(=O)N2)cc1C. The van der Waals surface area contributed by atoms with Gasteiger partial charge in [0.15, 0.2) is 0 Å². The summed E-state index contributed by atoms with van der Waals surface area (Å²) < 4.78 is 5.46. The summed E-state index contributed by atoms with van der Waals surface area (Å²) >= 11 is 0. The van der Waals surface area contributed by atoms with E-state index in [1.165, 1.54) is 0 Å². The number of aryl methyl sites for hydroxylation is 1. The summed E-state index contributed by atoms with van der Waals surface area (Å²) in [6.45, 7) is 4.93. The van der Waals surface area contributed by atoms with Gasteiger partial charge >= 0.3 is 11.8 Å². The van der Waals surface area contributed by atoms with Crippen LogP contribution in [0, 0.1) is 6.92 Å². The van der Waals surface area contributed by atoms with Crippen LogP contribution in [0.15, 0.2) is 18.2 Å². The molecule has 5 nitrogen and oxygen atoms in total. The summed E-state index contributed by atoms with van der Waals surface area (Å²) in [5.41, 5.74) is 1.98. The number of hydrogen-bond acceptors (Lipinski definition) is 3. The first kappa shape index (κ1) is 12.4. The second kappa shape index (κ2) is 5.08. The number of rotatable bonds is 3. The number of piperazine rings is 1. The van der Waals surface area contributed by atoms with Crippen LogP contribution in [0.1, 0.15) is 24.1 Å². The van der Waals surface area contributed by atoms with E-state index in [9.17, 15) is 9.59 Å². The number of amides is 2. The predicted molar refractivity (Wildman–Crippen MR) is 66.2 cm³/mol. The number of carbonyl (C=O) groups excluding carboxylic acids is 2. The first-order valence-corrected chi connectivity index (χ1v) is 5.94. The van der Waals surface area contributed by atoms with Crippen LogP contribution in [0.3, 0.4) is 0 Å². The van der Waals surface area contributed by atoms with E-state index in [2.05, 4.69) is 10.6 Å². The zero-order valence-corrected chi connectivity index (χ0v) is 10.4. The lowest BCUT2D eigenvalue weighted by atomic mass is 10.0. The van der Waals surface area contributed by atoms with Crippen molar-refractivity contribution in [2.45, 2.75) is 19.9 Å². The average Bonchev–Trinajstić information content (AvgIpc) is 2.35. The largest absolute Gasteiger partial charge is 0.494 e. The zero-order chi connectivity index (χ0) is 13.1. The molecule has 2 amide bonds. The zero-order valence-electron chi connectivity index (χ0n) is 10.4. The summed E-state index contributed by atoms with van der Waals surface area (Å²) in [5, 5.41) is 5.23. The van der Waals surface area contributed by atoms with E-state index in [1.807, 2.05) is 32.0 Å². The third kappa shape index (κ3) is 2.45. The van der Waals surface area contributed by atoms with Crippen molar-refractivity contribution in [3.63, 3.8) is 0 Å². The molecule has 1 heterocycles. The summed E-state index contributed by atoms with van der Waals surface area (Å²) in [4.78, 5) is 22.3. The van der Waals surface area contributed by atoms with Crippen molar-refractivity contribution in [2.75, 3.05) is 13.2 Å². The summed E-state index contributed by atoms with van der Waals surface area (Å²) in [6.07, 6.45) is 0. The van der Waals surface area contributed by atoms with Gasteiger partial charge in [-0.2, -0.15) is 0 Å². The fourth-order valence-electron chi connectivity index (χ4n) is 1.96. The molecule has 1 aromatic rings. The van der Waals surface area contributed by atoms with Gasteiger partial charge in [-0.3, -0.25) is 9.59 Å². The molecule has 1 aromatic carbocycles. The molecule has 96 valence electrons. The molecule has 0 spiro atoms. The molecule has 1 atom stereocenters. The van der Waals surface area contributed by atoms with Gasteiger partial charge in [0.1, 0.15) is 5.75 Å². The van der Waals surface area contributed by atoms with Crippen LogP contribution in [0.4, 0.5) is 0 Å². The van der Waals surface area contributed by atoms with E-state index in [4.69, 9.17) is 4.74 Å². The average molecular weight is 248 g/mol. The molecule has 5 heteroatoms. The van der Waals surface area contributed by atoms with E-state index in [1.54, 1.807) is 0 Å². The molecule has 1 aliphatic rings. The number of benzene rings is 1. The van der Waals surface area contributed by atoms with Gasteiger partial charge in [0.05, 0.1) is 12.6 Å². The van der Waals surface area contributed by atoms with Gasteiger partial charge in [0.25, 0.3) is 0 Å². The van der Waals surface area contributed by atoms with E-state index in [-0.39, 0.29) is 6.04 Å². The highest BCUT2D eigenvalue weighted by atomic mass is 16.5. The van der Waals surface area contributed by atoms with Gasteiger partial charge in [-0.25, -0.2) is 0 Å². The van der Waals surface area contributed by atoms with Gasteiger partial charge in [-0.1, -0.05) is 12.1 Å². The number of hydrogen-bond donors (Lipinski definition) is 2. The fourth-order valence-corrected chi connectivity index (χ4v) is 1.96. The van der Waals surface area contributed by atoms with Crippen LogP contribution in [0.5, 0.6) is 5.75 Å². The number of ether oxygens (including phenoxy) is 1. The maximum absolute atomic E-state index is 11.3. The monoisotopic (exact) mass is 248 g/mol. The third-order valence-corrected chi connectivity index (χ3v) is 2.88. The quantitative estimate of drug-likeness (QED) is 0.773. The topological polar surface area (TPSA) is 67.4 Å². The molecule has 2 rings (SSSR count). The van der Waals surface area contributed by atoms with E-state index < -0.39 is 11.8 Å². The first-order valence-electron chi connectivity index (χ1n) is 5.94. The van der Waals surface area contributed by atoms with Crippen LogP contribution < -0.4 is 15.4 Å². The van der Waals surface area contributed by atoms with Crippen LogP contribution in [0.2, 0.25) is 0 Å². The Morgan fingerprint density at radius 3 is 2.72 bits per heavy atom. The van der Waals surface area contributed by atoms with Gasteiger partial charge < -0.3 is 15.4 Å². The smallest absolute Gasteiger partial charge is 0.309 e. The molecule has 2 N–H and O–H groups in total. The van der Waals surface area contributed by atoms with Gasteiger partial charge in [-0.05, 0) is 31.0 Å². The highest BCUT2D eigenvalue weighted by molar-refractivity contribution is 6.35. The highest BCUT2D eigenvalue weighted by Gasteiger charge is 2.26. The lowest BCUT2D eigenvalue weighted by molar-refractivity contribution is -0.141. The molecule has 0 saturated carbocycles. The Balaban J connectivity index is 2.17. The lowest BCUT2D eigenvalue weighted by Crippen LogP contribution is -2.51. The second-order valence-corrected chi connectivity index (χ2v) is 4.19. The fraction of sp³-hybridized carbons (Fsp3) is 0.385. The van der Waals surface area contributed by atoms with E-state index >= 15 is 0 Å². The summed E-state index contributed by atoms with van der Waals surface area (Å²) in [7, 11) is 0. The van der Waals surface area contributed by atoms with Crippen molar-refractivity contribution < 1.29 is 14.3 Å². The Kier molecular flexibility index (Phi) is 3.50. The third-order valence-electron chi connectivity index (χ3n) is 2.88. The molecular formula is C13H16N2O3. The van der Waals surface area contributed by atoms with Crippen LogP contribution in [-0.2, 0) is 9.59 Å². The molecule has 0 aliphatic carbocycles. The maximum Gasteiger partial charge on any atom is 0.309 e. The normalized spacial score (nSPS) is 19.1. The van der Waals surface area contributed by atoms with Gasteiger partial charge in [0.2, 0.25) is 0 Å². The minimum Gasteiger partial charge on any atom is -0.494 e. The number of nitrogens with one attached hydrogen (secondary N) is 2. The minimum atomic E-state index is -0.585. The maximum atomic E-state index is 11.3. The standard InChI is InChI=1S/C13H16N2O3/c1-3-18-11-5-4-9(6-8(11)2)10-7-14-12(16)13(17)15-10/h4-6,10H,3,7H2,1-2H3,(H,14,16)(H,15,17). The Labute approximate surface area is 106 Å². The Hall–Kier alpha value is -2.04. The molecule has 18 heavy (non-hydrogen) atoms. The molecule has 1 unspecified atom stereocenters. The molecule has 0 bridgehead atoms. The molecular weight excluding hydrogens is 232 g/mol. The van der Waals surface area contributed by atoms with E-state index in [0.717, 1.165) is 16.9 Å². The molecule has 1 aliphatic heterocycles. The Morgan fingerprint density at radius 1 is 1.33 bits per heavy atom. The van der Waals surface area contributed by atoms with Crippen molar-refractivity contribution in [1.29, 1.82) is 0 Å². The van der Waals surface area contributed by atoms with Crippen LogP contribution in [0.25, 0.3) is 0 Å².